The molecule has 1 unspecified atom stereocenters. The summed E-state index contributed by atoms with van der Waals surface area (Å²) >= 11 is 4.48. The Morgan fingerprint density at radius 3 is 2.00 bits per heavy atom. The third kappa shape index (κ3) is 13.7. The lowest BCUT2D eigenvalue weighted by Crippen LogP contribution is -2.39. The monoisotopic (exact) mass is 433 g/mol. The molecule has 0 saturated carbocycles. The molecule has 1 atom stereocenters. The van der Waals surface area contributed by atoms with E-state index in [1.165, 1.54) is 17.0 Å². The molecule has 1 nitrogen and oxygen atoms in total. The second-order valence-corrected chi connectivity index (χ2v) is 10.7. The van der Waals surface area contributed by atoms with E-state index in [2.05, 4.69) is 109 Å². The average molecular weight is 434 g/mol. The van der Waals surface area contributed by atoms with Gasteiger partial charge in [0.1, 0.15) is 0 Å². The molecule has 1 aromatic rings. The molecule has 0 fully saturated rings. The molecular weight excluding hydrogens is 389 g/mol. The molecule has 29 heavy (non-hydrogen) atoms. The van der Waals surface area contributed by atoms with Crippen LogP contribution in [-0.2, 0) is 0 Å². The van der Waals surface area contributed by atoms with E-state index in [-0.39, 0.29) is 0 Å². The van der Waals surface area contributed by atoms with Crippen molar-refractivity contribution in [3.05, 3.63) is 79.2 Å². The molecule has 0 amide bonds. The zero-order chi connectivity index (χ0) is 22.9. The number of allylic oxidation sites excluding steroid dienone is 6. The van der Waals surface area contributed by atoms with Gasteiger partial charge in [-0.3, -0.25) is 0 Å². The van der Waals surface area contributed by atoms with Crippen molar-refractivity contribution in [3.63, 3.8) is 0 Å². The summed E-state index contributed by atoms with van der Waals surface area (Å²) in [5.74, 6) is 0.789. The van der Waals surface area contributed by atoms with Gasteiger partial charge in [0.2, 0.25) is 0 Å². The molecule has 0 aliphatic rings. The van der Waals surface area contributed by atoms with Crippen LogP contribution in [0.4, 0.5) is 0 Å². The molecule has 0 aromatic heterocycles. The molecule has 0 bridgehead atoms. The molecule has 164 valence electrons. The van der Waals surface area contributed by atoms with Crippen LogP contribution in [0.25, 0.3) is 0 Å². The minimum Gasteiger partial charge on any atom is -0.304 e. The summed E-state index contributed by atoms with van der Waals surface area (Å²) < 4.78 is 0. The van der Waals surface area contributed by atoms with E-state index in [1.807, 2.05) is 32.1 Å². The largest absolute Gasteiger partial charge is 0.304 e. The van der Waals surface area contributed by atoms with Gasteiger partial charge in [-0.15, -0.1) is 0 Å². The highest BCUT2D eigenvalue weighted by molar-refractivity contribution is 7.92. The van der Waals surface area contributed by atoms with Gasteiger partial charge in [-0.05, 0) is 58.8 Å². The first-order valence-corrected chi connectivity index (χ1v) is 12.6. The van der Waals surface area contributed by atoms with Crippen molar-refractivity contribution in [2.24, 2.45) is 5.92 Å². The lowest BCUT2D eigenvalue weighted by Gasteiger charge is -2.34. The fourth-order valence-corrected chi connectivity index (χ4v) is 5.31. The first-order valence-electron chi connectivity index (χ1n) is 10.4. The Bertz CT molecular complexity index is 600. The fraction of sp³-hybridized carbons (Fsp3) is 0.462. The fourth-order valence-electron chi connectivity index (χ4n) is 2.62. The van der Waals surface area contributed by atoms with Crippen LogP contribution < -0.4 is 5.30 Å². The van der Waals surface area contributed by atoms with E-state index in [4.69, 9.17) is 0 Å². The van der Waals surface area contributed by atoms with Crippen molar-refractivity contribution in [1.29, 1.82) is 0 Å². The van der Waals surface area contributed by atoms with Gasteiger partial charge in [0.15, 0.2) is 0 Å². The van der Waals surface area contributed by atoms with E-state index in [1.54, 1.807) is 6.08 Å². The lowest BCUT2D eigenvalue weighted by molar-refractivity contribution is 0.163. The minimum absolute atomic E-state index is 0.355. The van der Waals surface area contributed by atoms with Gasteiger partial charge < -0.3 is 4.90 Å². The maximum atomic E-state index is 4.48. The van der Waals surface area contributed by atoms with E-state index >= 15 is 0 Å². The van der Waals surface area contributed by atoms with Crippen molar-refractivity contribution in [1.82, 2.24) is 4.90 Å². The van der Waals surface area contributed by atoms with Gasteiger partial charge in [0.05, 0.1) is 0 Å². The summed E-state index contributed by atoms with van der Waals surface area (Å²) in [5, 5.41) is 2.59. The third-order valence-electron chi connectivity index (χ3n) is 4.33. The number of nitrogens with zero attached hydrogens (tertiary/aromatic N) is 1. The summed E-state index contributed by atoms with van der Waals surface area (Å²) in [6, 6.07) is 10.5. The van der Waals surface area contributed by atoms with Gasteiger partial charge in [0.25, 0.3) is 0 Å². The zero-order valence-corrected chi connectivity index (χ0v) is 21.8. The first-order chi connectivity index (χ1) is 13.7. The highest BCUT2D eigenvalue weighted by Crippen LogP contribution is 2.45. The van der Waals surface area contributed by atoms with E-state index in [0.717, 1.165) is 11.4 Å². The SMILES string of the molecule is C=C/C=C\C(=C/C=C)P(CS)c1ccccc1.CC.CC(C)CC(C)(C)N(C)C. The van der Waals surface area contributed by atoms with Crippen LogP contribution >= 0.6 is 20.6 Å². The Morgan fingerprint density at radius 1 is 1.10 bits per heavy atom. The molecule has 1 rings (SSSR count). The second-order valence-electron chi connectivity index (χ2n) is 7.63. The normalized spacial score (nSPS) is 12.7. The molecule has 1 aromatic carbocycles. The smallest absolute Gasteiger partial charge is 0.0186 e. The topological polar surface area (TPSA) is 3.24 Å². The van der Waals surface area contributed by atoms with Crippen LogP contribution in [0.15, 0.2) is 79.2 Å². The average Bonchev–Trinajstić information content (AvgIpc) is 2.68. The number of hydrogen-bond acceptors (Lipinski definition) is 2. The maximum absolute atomic E-state index is 4.48. The Kier molecular flexibility index (Phi) is 18.4. The summed E-state index contributed by atoms with van der Waals surface area (Å²) in [6.45, 7) is 20.6. The summed E-state index contributed by atoms with van der Waals surface area (Å²) in [5.41, 5.74) is 1.19. The summed E-state index contributed by atoms with van der Waals surface area (Å²) in [7, 11) is 3.87. The van der Waals surface area contributed by atoms with Crippen molar-refractivity contribution < 1.29 is 0 Å². The van der Waals surface area contributed by atoms with Gasteiger partial charge in [0, 0.05) is 11.0 Å². The standard InChI is InChI=1S/C15H17PS.C9H21N.C2H6/c1-3-5-10-14(9-4-2)16(13-17)15-11-7-6-8-12-15;1-8(2)7-9(3,4)10(5)6;1-2/h3-12,17H,1-2,13H2;8H,7H2,1-6H3;1-2H3/b10-5-,14-9+;;. The third-order valence-corrected chi connectivity index (χ3v) is 7.31. The lowest BCUT2D eigenvalue weighted by atomic mass is 9.92. The van der Waals surface area contributed by atoms with Gasteiger partial charge in [-0.1, -0.05) is 102 Å². The van der Waals surface area contributed by atoms with Crippen LogP contribution in [0.3, 0.4) is 0 Å². The molecule has 0 saturated heterocycles. The van der Waals surface area contributed by atoms with Crippen molar-refractivity contribution >= 4 is 25.9 Å². The van der Waals surface area contributed by atoms with Crippen LogP contribution in [0, 0.1) is 5.92 Å². The highest BCUT2D eigenvalue weighted by atomic mass is 32.1. The minimum atomic E-state index is -0.415. The predicted octanol–water partition coefficient (Wildman–Crippen LogP) is 7.89. The molecule has 0 N–H and O–H groups in total. The van der Waals surface area contributed by atoms with Crippen LogP contribution in [-0.4, -0.2) is 30.0 Å². The number of rotatable bonds is 9. The van der Waals surface area contributed by atoms with Crippen molar-refractivity contribution in [3.8, 4) is 0 Å². The Labute approximate surface area is 188 Å². The first kappa shape index (κ1) is 30.1. The molecule has 0 aliphatic heterocycles. The molecule has 3 heteroatoms. The number of benzene rings is 1. The summed E-state index contributed by atoms with van der Waals surface area (Å²) in [6.07, 6.45) is 11.0. The maximum Gasteiger partial charge on any atom is 0.0186 e. The van der Waals surface area contributed by atoms with Crippen LogP contribution in [0.1, 0.15) is 48.0 Å². The molecule has 0 aliphatic carbocycles. The molecular formula is C26H44NPS. The Balaban J connectivity index is 0. The molecule has 0 heterocycles. The van der Waals surface area contributed by atoms with E-state index in [0.29, 0.717) is 5.54 Å². The van der Waals surface area contributed by atoms with Gasteiger partial charge in [-0.25, -0.2) is 0 Å². The van der Waals surface area contributed by atoms with Crippen LogP contribution in [0.2, 0.25) is 0 Å². The molecule has 0 radical (unpaired) electrons. The van der Waals surface area contributed by atoms with Crippen molar-refractivity contribution in [2.75, 3.05) is 19.6 Å². The van der Waals surface area contributed by atoms with Gasteiger partial charge in [-0.2, -0.15) is 12.6 Å². The quantitative estimate of drug-likeness (QED) is 0.235. The van der Waals surface area contributed by atoms with Gasteiger partial charge >= 0.3 is 0 Å². The second kappa shape index (κ2) is 17.8. The van der Waals surface area contributed by atoms with Crippen LogP contribution in [0.5, 0.6) is 0 Å². The Morgan fingerprint density at radius 2 is 1.66 bits per heavy atom. The molecule has 0 spiro atoms. The van der Waals surface area contributed by atoms with E-state index in [9.17, 15) is 0 Å². The predicted molar refractivity (Wildman–Crippen MR) is 143 cm³/mol. The zero-order valence-electron chi connectivity index (χ0n) is 20.0. The number of thiol groups is 1. The van der Waals surface area contributed by atoms with Crippen molar-refractivity contribution in [2.45, 2.75) is 53.5 Å². The Hall–Kier alpha value is -1.08. The summed E-state index contributed by atoms with van der Waals surface area (Å²) in [4.78, 5) is 2.28. The highest BCUT2D eigenvalue weighted by Gasteiger charge is 2.20. The van der Waals surface area contributed by atoms with E-state index < -0.39 is 7.92 Å². The number of hydrogen-bond donors (Lipinski definition) is 1.